The first-order chi connectivity index (χ1) is 8.49. The van der Waals surface area contributed by atoms with E-state index in [9.17, 15) is 4.21 Å². The number of hydrogen-bond acceptors (Lipinski definition) is 3. The fourth-order valence-electron chi connectivity index (χ4n) is 2.52. The van der Waals surface area contributed by atoms with Gasteiger partial charge >= 0.3 is 0 Å². The molecule has 1 fully saturated rings. The van der Waals surface area contributed by atoms with E-state index in [1.54, 1.807) is 0 Å². The van der Waals surface area contributed by atoms with Gasteiger partial charge in [-0.3, -0.25) is 8.89 Å². The lowest BCUT2D eigenvalue weighted by atomic mass is 10.1. The molecule has 1 aromatic rings. The standard InChI is InChI=1S/C13H23N3OS/c1-9(2)16-11(4)13(10(3)15-16)14-12-5-7-18(17)8-6-12/h9,12,14H,5-8H2,1-4H3. The highest BCUT2D eigenvalue weighted by Gasteiger charge is 2.21. The fraction of sp³-hybridized carbons (Fsp3) is 0.769. The molecule has 102 valence electrons. The number of rotatable bonds is 3. The summed E-state index contributed by atoms with van der Waals surface area (Å²) in [4.78, 5) is 0. The summed E-state index contributed by atoms with van der Waals surface area (Å²) in [6, 6.07) is 0.836. The van der Waals surface area contributed by atoms with Gasteiger partial charge < -0.3 is 5.32 Å². The zero-order valence-corrected chi connectivity index (χ0v) is 12.5. The van der Waals surface area contributed by atoms with Crippen LogP contribution in [-0.2, 0) is 10.8 Å². The van der Waals surface area contributed by atoms with Crippen LogP contribution in [0.3, 0.4) is 0 Å². The Kier molecular flexibility index (Phi) is 4.10. The lowest BCUT2D eigenvalue weighted by Crippen LogP contribution is -2.29. The molecule has 5 heteroatoms. The molecule has 1 aromatic heterocycles. The molecule has 0 aromatic carbocycles. The minimum absolute atomic E-state index is 0.387. The molecule has 1 aliphatic rings. The van der Waals surface area contributed by atoms with Crippen molar-refractivity contribution in [1.82, 2.24) is 9.78 Å². The highest BCUT2D eigenvalue weighted by Crippen LogP contribution is 2.25. The van der Waals surface area contributed by atoms with Crippen LogP contribution < -0.4 is 5.32 Å². The van der Waals surface area contributed by atoms with Gasteiger partial charge in [0, 0.05) is 34.4 Å². The number of aryl methyl sites for hydroxylation is 1. The van der Waals surface area contributed by atoms with Crippen molar-refractivity contribution in [2.75, 3.05) is 16.8 Å². The van der Waals surface area contributed by atoms with Crippen LogP contribution in [0.1, 0.15) is 44.1 Å². The predicted octanol–water partition coefficient (Wildman–Crippen LogP) is 2.40. The molecular formula is C13H23N3OS. The van der Waals surface area contributed by atoms with Gasteiger partial charge in [-0.05, 0) is 40.5 Å². The van der Waals surface area contributed by atoms with Crippen molar-refractivity contribution in [2.45, 2.75) is 52.6 Å². The zero-order chi connectivity index (χ0) is 13.3. The Morgan fingerprint density at radius 1 is 1.33 bits per heavy atom. The van der Waals surface area contributed by atoms with Gasteiger partial charge in [0.2, 0.25) is 0 Å². The summed E-state index contributed by atoms with van der Waals surface area (Å²) in [5.74, 6) is 1.65. The second-order valence-corrected chi connectivity index (χ2v) is 7.05. The first-order valence-electron chi connectivity index (χ1n) is 6.66. The van der Waals surface area contributed by atoms with Crippen LogP contribution in [0, 0.1) is 13.8 Å². The second kappa shape index (κ2) is 5.43. The average Bonchev–Trinajstić information content (AvgIpc) is 2.60. The van der Waals surface area contributed by atoms with Crippen LogP contribution in [0.2, 0.25) is 0 Å². The molecule has 1 N–H and O–H groups in total. The Morgan fingerprint density at radius 2 is 1.94 bits per heavy atom. The van der Waals surface area contributed by atoms with Crippen molar-refractivity contribution >= 4 is 16.5 Å². The molecule has 0 aliphatic carbocycles. The predicted molar refractivity (Wildman–Crippen MR) is 76.6 cm³/mol. The van der Waals surface area contributed by atoms with Gasteiger partial charge in [0.1, 0.15) is 0 Å². The number of anilines is 1. The maximum absolute atomic E-state index is 11.4. The van der Waals surface area contributed by atoms with Crippen molar-refractivity contribution in [3.8, 4) is 0 Å². The molecule has 18 heavy (non-hydrogen) atoms. The van der Waals surface area contributed by atoms with Gasteiger partial charge in [-0.2, -0.15) is 5.10 Å². The minimum atomic E-state index is -0.593. The topological polar surface area (TPSA) is 46.9 Å². The number of aromatic nitrogens is 2. The summed E-state index contributed by atoms with van der Waals surface area (Å²) in [7, 11) is -0.593. The largest absolute Gasteiger partial charge is 0.379 e. The zero-order valence-electron chi connectivity index (χ0n) is 11.7. The van der Waals surface area contributed by atoms with E-state index in [4.69, 9.17) is 0 Å². The highest BCUT2D eigenvalue weighted by atomic mass is 32.2. The monoisotopic (exact) mass is 269 g/mol. The van der Waals surface area contributed by atoms with Crippen molar-refractivity contribution in [3.63, 3.8) is 0 Å². The van der Waals surface area contributed by atoms with E-state index < -0.39 is 10.8 Å². The third kappa shape index (κ3) is 2.76. The second-order valence-electron chi connectivity index (χ2n) is 5.35. The third-order valence-electron chi connectivity index (χ3n) is 3.55. The smallest absolute Gasteiger partial charge is 0.0828 e. The van der Waals surface area contributed by atoms with Crippen LogP contribution in [0.5, 0.6) is 0 Å². The molecule has 2 rings (SSSR count). The number of nitrogens with zero attached hydrogens (tertiary/aromatic N) is 2. The SMILES string of the molecule is Cc1nn(C(C)C)c(C)c1NC1CCS(=O)CC1. The summed E-state index contributed by atoms with van der Waals surface area (Å²) in [6.07, 6.45) is 2.00. The number of nitrogens with one attached hydrogen (secondary N) is 1. The molecule has 4 nitrogen and oxygen atoms in total. The normalized spacial score (nSPS) is 24.5. The molecule has 0 spiro atoms. The molecule has 0 amide bonds. The van der Waals surface area contributed by atoms with Crippen LogP contribution in [-0.4, -0.2) is 31.5 Å². The lowest BCUT2D eigenvalue weighted by Gasteiger charge is -2.23. The Bertz CT molecular complexity index is 443. The van der Waals surface area contributed by atoms with Gasteiger partial charge in [0.25, 0.3) is 0 Å². The Balaban J connectivity index is 2.12. The van der Waals surface area contributed by atoms with E-state index in [0.29, 0.717) is 12.1 Å². The Labute approximate surface area is 112 Å². The Morgan fingerprint density at radius 3 is 2.44 bits per heavy atom. The number of hydrogen-bond donors (Lipinski definition) is 1. The van der Waals surface area contributed by atoms with E-state index >= 15 is 0 Å². The molecule has 0 saturated carbocycles. The van der Waals surface area contributed by atoms with Crippen LogP contribution in [0.15, 0.2) is 0 Å². The highest BCUT2D eigenvalue weighted by molar-refractivity contribution is 7.85. The first-order valence-corrected chi connectivity index (χ1v) is 8.15. The molecule has 0 bridgehead atoms. The average molecular weight is 269 g/mol. The summed E-state index contributed by atoms with van der Waals surface area (Å²) >= 11 is 0. The van der Waals surface area contributed by atoms with E-state index in [2.05, 4.69) is 42.8 Å². The summed E-state index contributed by atoms with van der Waals surface area (Å²) in [5.41, 5.74) is 3.43. The molecular weight excluding hydrogens is 246 g/mol. The van der Waals surface area contributed by atoms with Crippen LogP contribution in [0.4, 0.5) is 5.69 Å². The van der Waals surface area contributed by atoms with Gasteiger partial charge in [-0.15, -0.1) is 0 Å². The molecule has 0 radical (unpaired) electrons. The molecule has 0 unspecified atom stereocenters. The van der Waals surface area contributed by atoms with Crippen molar-refractivity contribution in [1.29, 1.82) is 0 Å². The maximum Gasteiger partial charge on any atom is 0.0828 e. The van der Waals surface area contributed by atoms with E-state index in [0.717, 1.165) is 30.0 Å². The quantitative estimate of drug-likeness (QED) is 0.916. The van der Waals surface area contributed by atoms with E-state index in [-0.39, 0.29) is 0 Å². The van der Waals surface area contributed by atoms with E-state index in [1.807, 2.05) is 0 Å². The van der Waals surface area contributed by atoms with Gasteiger partial charge in [0.05, 0.1) is 17.1 Å². The first kappa shape index (κ1) is 13.6. The van der Waals surface area contributed by atoms with E-state index in [1.165, 1.54) is 11.4 Å². The van der Waals surface area contributed by atoms with Gasteiger partial charge in [0.15, 0.2) is 0 Å². The maximum atomic E-state index is 11.4. The Hall–Kier alpha value is -0.840. The molecule has 0 atom stereocenters. The van der Waals surface area contributed by atoms with Crippen molar-refractivity contribution in [2.24, 2.45) is 0 Å². The van der Waals surface area contributed by atoms with Crippen LogP contribution in [0.25, 0.3) is 0 Å². The van der Waals surface area contributed by atoms with Gasteiger partial charge in [-0.25, -0.2) is 0 Å². The van der Waals surface area contributed by atoms with Crippen molar-refractivity contribution < 1.29 is 4.21 Å². The van der Waals surface area contributed by atoms with Crippen molar-refractivity contribution in [3.05, 3.63) is 11.4 Å². The summed E-state index contributed by atoms with van der Waals surface area (Å²) < 4.78 is 13.4. The van der Waals surface area contributed by atoms with Crippen LogP contribution >= 0.6 is 0 Å². The molecule has 1 aliphatic heterocycles. The lowest BCUT2D eigenvalue weighted by molar-refractivity contribution is 0.516. The minimum Gasteiger partial charge on any atom is -0.379 e. The third-order valence-corrected chi connectivity index (χ3v) is 4.93. The molecule has 1 saturated heterocycles. The van der Waals surface area contributed by atoms with Gasteiger partial charge in [-0.1, -0.05) is 0 Å². The fourth-order valence-corrected chi connectivity index (χ4v) is 3.82. The summed E-state index contributed by atoms with van der Waals surface area (Å²) in [5, 5.41) is 8.18. The summed E-state index contributed by atoms with van der Waals surface area (Å²) in [6.45, 7) is 8.46. The molecule has 2 heterocycles.